The van der Waals surface area contributed by atoms with E-state index in [1.165, 1.54) is 22.0 Å². The summed E-state index contributed by atoms with van der Waals surface area (Å²) in [4.78, 5) is 0. The Balaban J connectivity index is 0.000000461. The van der Waals surface area contributed by atoms with Crippen LogP contribution in [0.4, 0.5) is 0 Å². The van der Waals surface area contributed by atoms with Gasteiger partial charge >= 0.3 is 0 Å². The number of benzene rings is 1. The van der Waals surface area contributed by atoms with Crippen molar-refractivity contribution < 1.29 is 0 Å². The van der Waals surface area contributed by atoms with Crippen molar-refractivity contribution >= 4 is 53.7 Å². The van der Waals surface area contributed by atoms with Crippen LogP contribution in [0.2, 0.25) is 0 Å². The molecule has 3 rings (SSSR count). The van der Waals surface area contributed by atoms with Gasteiger partial charge in [0.25, 0.3) is 0 Å². The van der Waals surface area contributed by atoms with Crippen molar-refractivity contribution in [3.8, 4) is 0 Å². The van der Waals surface area contributed by atoms with Crippen LogP contribution < -0.4 is 5.32 Å². The lowest BCUT2D eigenvalue weighted by molar-refractivity contribution is 0.738. The fraction of sp³-hybridized carbons (Fsp3) is 0.375. The Kier molecular flexibility index (Phi) is 8.79. The van der Waals surface area contributed by atoms with E-state index in [2.05, 4.69) is 90.7 Å². The number of para-hydroxylation sites is 1. The average Bonchev–Trinajstić information content (AvgIpc) is 2.90. The molecule has 0 spiro atoms. The maximum absolute atomic E-state index is 3.36. The second-order valence-electron chi connectivity index (χ2n) is 4.35. The van der Waals surface area contributed by atoms with Gasteiger partial charge in [-0.1, -0.05) is 38.1 Å². The molecule has 4 heteroatoms. The highest BCUT2D eigenvalue weighted by Gasteiger charge is 2.11. The number of aromatic nitrogens is 1. The van der Waals surface area contributed by atoms with Crippen LogP contribution in [-0.2, 0) is 7.05 Å². The zero-order valence-electron chi connectivity index (χ0n) is 12.3. The van der Waals surface area contributed by atoms with Crippen molar-refractivity contribution in [2.24, 2.45) is 7.05 Å². The summed E-state index contributed by atoms with van der Waals surface area (Å²) in [5.74, 6) is 0. The lowest BCUT2D eigenvalue weighted by Gasteiger charge is -2.13. The van der Waals surface area contributed by atoms with E-state index >= 15 is 0 Å². The smallest absolute Gasteiger partial charge is 0.0484 e. The van der Waals surface area contributed by atoms with Crippen LogP contribution in [0.25, 0.3) is 16.5 Å². The van der Waals surface area contributed by atoms with Gasteiger partial charge in [-0.05, 0) is 24.6 Å². The van der Waals surface area contributed by atoms with Crippen LogP contribution in [0.15, 0.2) is 36.5 Å². The Labute approximate surface area is 145 Å². The van der Waals surface area contributed by atoms with Crippen molar-refractivity contribution in [2.75, 3.05) is 13.1 Å². The molecule has 0 bridgehead atoms. The summed E-state index contributed by atoms with van der Waals surface area (Å²) in [6, 6.07) is 8.62. The van der Waals surface area contributed by atoms with E-state index in [-0.39, 0.29) is 0 Å². The SMILES string of the molecule is CC.Cn1cc(C2=CCNCC2)c2ccccc21.II. The van der Waals surface area contributed by atoms with Crippen LogP contribution in [0, 0.1) is 0 Å². The summed E-state index contributed by atoms with van der Waals surface area (Å²) in [5.41, 5.74) is 4.20. The monoisotopic (exact) mass is 496 g/mol. The molecule has 1 aliphatic heterocycles. The number of nitrogens with zero attached hydrogens (tertiary/aromatic N) is 1. The van der Waals surface area contributed by atoms with E-state index in [1.54, 1.807) is 0 Å². The van der Waals surface area contributed by atoms with Crippen LogP contribution in [-0.4, -0.2) is 17.7 Å². The molecule has 0 fully saturated rings. The molecule has 2 aromatic rings. The number of hydrogen-bond donors (Lipinski definition) is 1. The first-order valence-corrected chi connectivity index (χ1v) is 13.2. The highest BCUT2D eigenvalue weighted by molar-refractivity contribution is 15.0. The minimum Gasteiger partial charge on any atom is -0.350 e. The number of rotatable bonds is 1. The normalized spacial score (nSPS) is 13.8. The molecular weight excluding hydrogens is 474 g/mol. The van der Waals surface area contributed by atoms with Crippen LogP contribution >= 0.6 is 37.2 Å². The first-order valence-electron chi connectivity index (χ1n) is 6.95. The van der Waals surface area contributed by atoms with Crippen molar-refractivity contribution in [1.82, 2.24) is 9.88 Å². The fourth-order valence-electron chi connectivity index (χ4n) is 2.46. The predicted molar refractivity (Wildman–Crippen MR) is 108 cm³/mol. The van der Waals surface area contributed by atoms with E-state index in [0.717, 1.165) is 19.5 Å². The molecule has 0 saturated heterocycles. The molecule has 0 aliphatic carbocycles. The summed E-state index contributed by atoms with van der Waals surface area (Å²) < 4.78 is 2.22. The van der Waals surface area contributed by atoms with Gasteiger partial charge in [-0.3, -0.25) is 0 Å². The van der Waals surface area contributed by atoms with E-state index in [9.17, 15) is 0 Å². The standard InChI is InChI=1S/C14H16N2.C2H6.I2/c1-16-10-13(11-6-8-15-9-7-11)12-4-2-3-5-14(12)16;2*1-2/h2-6,10,15H,7-9H2,1H3;1-2H3;. The second-order valence-corrected chi connectivity index (χ2v) is 4.35. The van der Waals surface area contributed by atoms with Crippen LogP contribution in [0.5, 0.6) is 0 Å². The molecule has 1 N–H and O–H groups in total. The molecule has 2 nitrogen and oxygen atoms in total. The third-order valence-corrected chi connectivity index (χ3v) is 3.31. The lowest BCUT2D eigenvalue weighted by Crippen LogP contribution is -2.19. The molecule has 110 valence electrons. The molecule has 0 amide bonds. The number of hydrogen-bond acceptors (Lipinski definition) is 1. The maximum Gasteiger partial charge on any atom is 0.0484 e. The minimum atomic E-state index is 0.999. The summed E-state index contributed by atoms with van der Waals surface area (Å²) in [6.45, 7) is 6.09. The van der Waals surface area contributed by atoms with Gasteiger partial charge in [-0.25, -0.2) is 0 Å². The third kappa shape index (κ3) is 4.21. The van der Waals surface area contributed by atoms with Gasteiger partial charge in [0, 0.05) is 73.5 Å². The van der Waals surface area contributed by atoms with E-state index in [0.29, 0.717) is 0 Å². The zero-order chi connectivity index (χ0) is 15.0. The van der Waals surface area contributed by atoms with Crippen LogP contribution in [0.1, 0.15) is 25.8 Å². The lowest BCUT2D eigenvalue weighted by atomic mass is 10.00. The Morgan fingerprint density at radius 2 is 1.85 bits per heavy atom. The third-order valence-electron chi connectivity index (χ3n) is 3.31. The van der Waals surface area contributed by atoms with Gasteiger partial charge in [-0.2, -0.15) is 0 Å². The number of aryl methyl sites for hydroxylation is 1. The highest BCUT2D eigenvalue weighted by Crippen LogP contribution is 2.29. The Bertz CT molecular complexity index is 559. The minimum absolute atomic E-state index is 0.999. The van der Waals surface area contributed by atoms with Gasteiger partial charge in [0.05, 0.1) is 0 Å². The van der Waals surface area contributed by atoms with Crippen molar-refractivity contribution in [3.63, 3.8) is 0 Å². The van der Waals surface area contributed by atoms with Gasteiger partial charge in [0.2, 0.25) is 0 Å². The van der Waals surface area contributed by atoms with E-state index in [1.807, 2.05) is 13.8 Å². The molecule has 0 radical (unpaired) electrons. The van der Waals surface area contributed by atoms with Gasteiger partial charge in [0.1, 0.15) is 0 Å². The second kappa shape index (κ2) is 9.78. The number of fused-ring (bicyclic) bond motifs is 1. The van der Waals surface area contributed by atoms with Crippen molar-refractivity contribution in [3.05, 3.63) is 42.1 Å². The summed E-state index contributed by atoms with van der Waals surface area (Å²) >= 11 is 4.24. The molecule has 0 saturated carbocycles. The summed E-state index contributed by atoms with van der Waals surface area (Å²) in [6.07, 6.45) is 5.70. The maximum atomic E-state index is 3.36. The number of nitrogens with one attached hydrogen (secondary N) is 1. The highest BCUT2D eigenvalue weighted by atomic mass is 128. The largest absolute Gasteiger partial charge is 0.350 e. The summed E-state index contributed by atoms with van der Waals surface area (Å²) in [7, 11) is 2.12. The Hall–Kier alpha value is -0.0800. The first-order chi connectivity index (χ1) is 9.86. The summed E-state index contributed by atoms with van der Waals surface area (Å²) in [5, 5.41) is 4.73. The first kappa shape index (κ1) is 18.0. The topological polar surface area (TPSA) is 17.0 Å². The Morgan fingerprint density at radius 1 is 1.15 bits per heavy atom. The van der Waals surface area contributed by atoms with Gasteiger partial charge in [0.15, 0.2) is 0 Å². The van der Waals surface area contributed by atoms with Crippen molar-refractivity contribution in [2.45, 2.75) is 20.3 Å². The van der Waals surface area contributed by atoms with Gasteiger partial charge < -0.3 is 9.88 Å². The molecule has 0 atom stereocenters. The van der Waals surface area contributed by atoms with Crippen molar-refractivity contribution in [1.29, 1.82) is 0 Å². The fourth-order valence-corrected chi connectivity index (χ4v) is 2.46. The molecule has 20 heavy (non-hydrogen) atoms. The van der Waals surface area contributed by atoms with Gasteiger partial charge in [-0.15, -0.1) is 0 Å². The van der Waals surface area contributed by atoms with E-state index < -0.39 is 0 Å². The zero-order valence-corrected chi connectivity index (χ0v) is 16.6. The number of halogens is 2. The quantitative estimate of drug-likeness (QED) is 0.527. The Morgan fingerprint density at radius 3 is 2.50 bits per heavy atom. The predicted octanol–water partition coefficient (Wildman–Crippen LogP) is 5.35. The van der Waals surface area contributed by atoms with E-state index in [4.69, 9.17) is 0 Å². The molecule has 2 heterocycles. The average molecular weight is 496 g/mol. The molecule has 1 aliphatic rings. The van der Waals surface area contributed by atoms with Crippen LogP contribution in [0.3, 0.4) is 0 Å². The molecule has 1 aromatic carbocycles. The molecule has 1 aromatic heterocycles. The molecular formula is C16H22I2N2. The molecule has 0 unspecified atom stereocenters.